The number of anilines is 1. The van der Waals surface area contributed by atoms with Gasteiger partial charge in [0, 0.05) is 32.4 Å². The van der Waals surface area contributed by atoms with Crippen LogP contribution in [0.4, 0.5) is 5.69 Å². The van der Waals surface area contributed by atoms with Gasteiger partial charge in [-0.2, -0.15) is 0 Å². The van der Waals surface area contributed by atoms with Gasteiger partial charge in [0.25, 0.3) is 0 Å². The maximum Gasteiger partial charge on any atom is 0.340 e. The molecule has 6 heteroatoms. The smallest absolute Gasteiger partial charge is 0.340 e. The molecule has 1 fully saturated rings. The zero-order chi connectivity index (χ0) is 15.4. The molecule has 1 aliphatic heterocycles. The molecule has 0 atom stereocenters. The Morgan fingerprint density at radius 3 is 2.86 bits per heavy atom. The fourth-order valence-electron chi connectivity index (χ4n) is 2.53. The molecule has 6 nitrogen and oxygen atoms in total. The van der Waals surface area contributed by atoms with E-state index in [2.05, 4.69) is 0 Å². The largest absolute Gasteiger partial charge is 0.465 e. The van der Waals surface area contributed by atoms with Crippen LogP contribution in [0.5, 0.6) is 0 Å². The highest BCUT2D eigenvalue weighted by Crippen LogP contribution is 2.20. The summed E-state index contributed by atoms with van der Waals surface area (Å²) in [6.45, 7) is 2.43. The van der Waals surface area contributed by atoms with Crippen LogP contribution in [0.15, 0.2) is 18.2 Å². The molecule has 2 N–H and O–H groups in total. The van der Waals surface area contributed by atoms with Crippen molar-refractivity contribution in [1.82, 2.24) is 9.80 Å². The van der Waals surface area contributed by atoms with Crippen LogP contribution in [0.25, 0.3) is 0 Å². The minimum absolute atomic E-state index is 0.0935. The Hall–Kier alpha value is -2.08. The average Bonchev–Trinajstić information content (AvgIpc) is 2.60. The topological polar surface area (TPSA) is 75.9 Å². The van der Waals surface area contributed by atoms with Crippen LogP contribution in [0.2, 0.25) is 0 Å². The van der Waals surface area contributed by atoms with Gasteiger partial charge in [0.15, 0.2) is 0 Å². The van der Waals surface area contributed by atoms with Crippen LogP contribution in [-0.2, 0) is 16.1 Å². The number of esters is 1. The van der Waals surface area contributed by atoms with Crippen molar-refractivity contribution >= 4 is 17.6 Å². The maximum absolute atomic E-state index is 11.9. The van der Waals surface area contributed by atoms with Crippen LogP contribution in [0.3, 0.4) is 0 Å². The molecule has 1 saturated heterocycles. The highest BCUT2D eigenvalue weighted by Gasteiger charge is 2.22. The summed E-state index contributed by atoms with van der Waals surface area (Å²) in [5.41, 5.74) is 7.47. The number of rotatable bonds is 3. The average molecular weight is 291 g/mol. The zero-order valence-electron chi connectivity index (χ0n) is 12.5. The summed E-state index contributed by atoms with van der Waals surface area (Å²) in [6, 6.07) is 5.33. The molecule has 1 aromatic rings. The minimum Gasteiger partial charge on any atom is -0.465 e. The number of nitrogens with zero attached hydrogens (tertiary/aromatic N) is 2. The van der Waals surface area contributed by atoms with Crippen molar-refractivity contribution in [2.24, 2.45) is 0 Å². The number of amides is 1. The number of methoxy groups -OCH3 is 1. The van der Waals surface area contributed by atoms with Crippen LogP contribution in [-0.4, -0.2) is 55.5 Å². The number of hydrogen-bond donors (Lipinski definition) is 1. The number of nitrogens with two attached hydrogens (primary N) is 1. The van der Waals surface area contributed by atoms with E-state index < -0.39 is 5.97 Å². The Labute approximate surface area is 124 Å². The molecule has 0 spiro atoms. The molecule has 0 aromatic heterocycles. The van der Waals surface area contributed by atoms with Gasteiger partial charge >= 0.3 is 5.97 Å². The monoisotopic (exact) mass is 291 g/mol. The van der Waals surface area contributed by atoms with E-state index in [1.165, 1.54) is 7.11 Å². The Balaban J connectivity index is 2.21. The Bertz CT molecular complexity index is 545. The molecule has 1 aromatic carbocycles. The lowest BCUT2D eigenvalue weighted by Crippen LogP contribution is -2.34. The lowest BCUT2D eigenvalue weighted by molar-refractivity contribution is -0.129. The van der Waals surface area contributed by atoms with Crippen molar-refractivity contribution in [2.45, 2.75) is 13.0 Å². The van der Waals surface area contributed by atoms with Gasteiger partial charge < -0.3 is 15.4 Å². The molecule has 0 radical (unpaired) electrons. The maximum atomic E-state index is 11.9. The van der Waals surface area contributed by atoms with E-state index in [0.717, 1.165) is 25.1 Å². The van der Waals surface area contributed by atoms with E-state index in [-0.39, 0.29) is 5.91 Å². The molecule has 114 valence electrons. The predicted octanol–water partition coefficient (Wildman–Crippen LogP) is 0.720. The molecule has 0 saturated carbocycles. The third-order valence-electron chi connectivity index (χ3n) is 3.72. The molecule has 1 amide bonds. The fraction of sp³-hybridized carbons (Fsp3) is 0.467. The molecular formula is C15H21N3O3. The molecule has 21 heavy (non-hydrogen) atoms. The highest BCUT2D eigenvalue weighted by atomic mass is 16.5. The van der Waals surface area contributed by atoms with Gasteiger partial charge in [-0.15, -0.1) is 0 Å². The standard InChI is InChI=1S/C15H21N3O3/c1-17-7-4-8-18(10-13(17)19)9-11-5-3-6-12(16)14(11)15(20)21-2/h3,5-6H,4,7-10,16H2,1-2H3. The number of hydrogen-bond acceptors (Lipinski definition) is 5. The third kappa shape index (κ3) is 3.52. The second kappa shape index (κ2) is 6.58. The second-order valence-corrected chi connectivity index (χ2v) is 5.25. The Morgan fingerprint density at radius 1 is 1.38 bits per heavy atom. The molecule has 0 aliphatic carbocycles. The SMILES string of the molecule is COC(=O)c1c(N)cccc1CN1CCCN(C)C(=O)C1. The first kappa shape index (κ1) is 15.3. The van der Waals surface area contributed by atoms with Gasteiger partial charge in [-0.3, -0.25) is 9.69 Å². The number of carbonyl (C=O) groups excluding carboxylic acids is 2. The summed E-state index contributed by atoms with van der Waals surface area (Å²) in [4.78, 5) is 27.6. The van der Waals surface area contributed by atoms with Gasteiger partial charge in [0.2, 0.25) is 5.91 Å². The van der Waals surface area contributed by atoms with E-state index in [1.807, 2.05) is 24.1 Å². The number of nitrogen functional groups attached to an aromatic ring is 1. The molecule has 1 aliphatic rings. The zero-order valence-corrected chi connectivity index (χ0v) is 12.5. The van der Waals surface area contributed by atoms with Crippen molar-refractivity contribution in [1.29, 1.82) is 0 Å². The van der Waals surface area contributed by atoms with Gasteiger partial charge in [-0.05, 0) is 18.1 Å². The second-order valence-electron chi connectivity index (χ2n) is 5.25. The van der Waals surface area contributed by atoms with Crippen LogP contribution < -0.4 is 5.73 Å². The molecule has 1 heterocycles. The summed E-state index contributed by atoms with van der Waals surface area (Å²) in [6.07, 6.45) is 0.915. The number of carbonyl (C=O) groups is 2. The highest BCUT2D eigenvalue weighted by molar-refractivity contribution is 5.96. The molecule has 2 rings (SSSR count). The molecule has 0 bridgehead atoms. The van der Waals surface area contributed by atoms with Crippen molar-refractivity contribution in [2.75, 3.05) is 39.5 Å². The Morgan fingerprint density at radius 2 is 2.14 bits per heavy atom. The van der Waals surface area contributed by atoms with Gasteiger partial charge in [-0.1, -0.05) is 12.1 Å². The van der Waals surface area contributed by atoms with Crippen molar-refractivity contribution < 1.29 is 14.3 Å². The van der Waals surface area contributed by atoms with Gasteiger partial charge in [-0.25, -0.2) is 4.79 Å². The lowest BCUT2D eigenvalue weighted by atomic mass is 10.0. The quantitative estimate of drug-likeness (QED) is 0.656. The third-order valence-corrected chi connectivity index (χ3v) is 3.72. The molecular weight excluding hydrogens is 270 g/mol. The first-order valence-electron chi connectivity index (χ1n) is 6.95. The lowest BCUT2D eigenvalue weighted by Gasteiger charge is -2.21. The van der Waals surface area contributed by atoms with E-state index in [0.29, 0.717) is 24.3 Å². The van der Waals surface area contributed by atoms with E-state index in [1.54, 1.807) is 11.0 Å². The first-order chi connectivity index (χ1) is 10.0. The summed E-state index contributed by atoms with van der Waals surface area (Å²) in [7, 11) is 3.15. The minimum atomic E-state index is -0.443. The predicted molar refractivity (Wildman–Crippen MR) is 79.7 cm³/mol. The normalized spacial score (nSPS) is 16.7. The Kier molecular flexibility index (Phi) is 4.80. The number of benzene rings is 1. The van der Waals surface area contributed by atoms with E-state index in [4.69, 9.17) is 10.5 Å². The summed E-state index contributed by atoms with van der Waals surface area (Å²) >= 11 is 0. The first-order valence-corrected chi connectivity index (χ1v) is 6.95. The van der Waals surface area contributed by atoms with E-state index >= 15 is 0 Å². The van der Waals surface area contributed by atoms with Crippen LogP contribution >= 0.6 is 0 Å². The number of likely N-dealkylation sites (N-methyl/N-ethyl adjacent to an activating group) is 1. The summed E-state index contributed by atoms with van der Waals surface area (Å²) in [5, 5.41) is 0. The van der Waals surface area contributed by atoms with E-state index in [9.17, 15) is 9.59 Å². The van der Waals surface area contributed by atoms with Gasteiger partial charge in [0.05, 0.1) is 19.2 Å². The van der Waals surface area contributed by atoms with Crippen molar-refractivity contribution in [3.8, 4) is 0 Å². The summed E-state index contributed by atoms with van der Waals surface area (Å²) < 4.78 is 4.80. The van der Waals surface area contributed by atoms with Crippen molar-refractivity contribution in [3.63, 3.8) is 0 Å². The summed E-state index contributed by atoms with van der Waals surface area (Å²) in [5.74, 6) is -0.350. The van der Waals surface area contributed by atoms with Crippen LogP contribution in [0.1, 0.15) is 22.3 Å². The molecule has 0 unspecified atom stereocenters. The van der Waals surface area contributed by atoms with Gasteiger partial charge in [0.1, 0.15) is 0 Å². The fourth-order valence-corrected chi connectivity index (χ4v) is 2.53. The van der Waals surface area contributed by atoms with Crippen LogP contribution in [0, 0.1) is 0 Å². The number of ether oxygens (including phenoxy) is 1. The van der Waals surface area contributed by atoms with Crippen molar-refractivity contribution in [3.05, 3.63) is 29.3 Å².